The fraction of sp³-hybridized carbons (Fsp3) is 0.292. The number of nitrogens with zero attached hydrogens (tertiary/aromatic N) is 2. The van der Waals surface area contributed by atoms with Crippen molar-refractivity contribution in [2.75, 3.05) is 26.2 Å². The van der Waals surface area contributed by atoms with Crippen molar-refractivity contribution in [3.8, 4) is 0 Å². The molecule has 166 valence electrons. The summed E-state index contributed by atoms with van der Waals surface area (Å²) in [5, 5.41) is 2.70. The maximum Gasteiger partial charge on any atom is 0.241 e. The SMILES string of the molecule is CC(=O)N1CCN(C2c3cccc4cccc(c34)C2NS(=O)(=O)c2ccc(Cl)cc2)CC1. The van der Waals surface area contributed by atoms with E-state index in [1.54, 1.807) is 19.1 Å². The number of rotatable bonds is 4. The molecule has 1 saturated heterocycles. The van der Waals surface area contributed by atoms with Gasteiger partial charge in [-0.05, 0) is 46.2 Å². The number of hydrogen-bond acceptors (Lipinski definition) is 4. The van der Waals surface area contributed by atoms with Gasteiger partial charge in [0.15, 0.2) is 0 Å². The molecule has 0 bridgehead atoms. The summed E-state index contributed by atoms with van der Waals surface area (Å²) in [5.41, 5.74) is 2.10. The first-order valence-electron chi connectivity index (χ1n) is 10.6. The lowest BCUT2D eigenvalue weighted by atomic mass is 10.0. The van der Waals surface area contributed by atoms with Crippen LogP contribution in [0.3, 0.4) is 0 Å². The summed E-state index contributed by atoms with van der Waals surface area (Å²) >= 11 is 5.96. The molecule has 5 rings (SSSR count). The van der Waals surface area contributed by atoms with E-state index in [1.807, 2.05) is 23.1 Å². The van der Waals surface area contributed by atoms with Crippen LogP contribution in [0.15, 0.2) is 65.6 Å². The Hall–Kier alpha value is -2.45. The molecule has 2 unspecified atom stereocenters. The Kier molecular flexibility index (Phi) is 5.45. The van der Waals surface area contributed by atoms with Crippen LogP contribution in [0.4, 0.5) is 0 Å². The van der Waals surface area contributed by atoms with Crippen molar-refractivity contribution >= 4 is 38.3 Å². The molecule has 8 heteroatoms. The minimum absolute atomic E-state index is 0.0708. The molecule has 3 aromatic rings. The second kappa shape index (κ2) is 8.15. The van der Waals surface area contributed by atoms with Crippen molar-refractivity contribution in [1.82, 2.24) is 14.5 Å². The van der Waals surface area contributed by atoms with Gasteiger partial charge in [-0.25, -0.2) is 13.1 Å². The number of nitrogens with one attached hydrogen (secondary N) is 1. The normalized spacial score (nSPS) is 21.2. The molecule has 1 fully saturated rings. The molecule has 2 atom stereocenters. The number of carbonyl (C=O) groups is 1. The summed E-state index contributed by atoms with van der Waals surface area (Å²) in [4.78, 5) is 16.1. The van der Waals surface area contributed by atoms with Crippen LogP contribution in [0.5, 0.6) is 0 Å². The molecule has 0 saturated carbocycles. The van der Waals surface area contributed by atoms with Gasteiger partial charge in [0, 0.05) is 38.1 Å². The van der Waals surface area contributed by atoms with Crippen molar-refractivity contribution in [2.45, 2.75) is 23.9 Å². The molecule has 0 spiro atoms. The van der Waals surface area contributed by atoms with E-state index in [9.17, 15) is 13.2 Å². The van der Waals surface area contributed by atoms with Crippen LogP contribution in [0, 0.1) is 0 Å². The van der Waals surface area contributed by atoms with Crippen LogP contribution >= 0.6 is 11.6 Å². The smallest absolute Gasteiger partial charge is 0.241 e. The Labute approximate surface area is 192 Å². The summed E-state index contributed by atoms with van der Waals surface area (Å²) in [6.07, 6.45) is 0. The summed E-state index contributed by atoms with van der Waals surface area (Å²) in [5.74, 6) is 0.0708. The predicted octanol–water partition coefficient (Wildman–Crippen LogP) is 3.73. The van der Waals surface area contributed by atoms with Crippen molar-refractivity contribution in [2.24, 2.45) is 0 Å². The second-order valence-corrected chi connectivity index (χ2v) is 10.5. The van der Waals surface area contributed by atoms with Gasteiger partial charge in [0.25, 0.3) is 0 Å². The lowest BCUT2D eigenvalue weighted by Gasteiger charge is -2.40. The Bertz CT molecular complexity index is 1280. The fourth-order valence-electron chi connectivity index (χ4n) is 4.95. The van der Waals surface area contributed by atoms with Crippen LogP contribution in [-0.2, 0) is 14.8 Å². The van der Waals surface area contributed by atoms with Gasteiger partial charge in [-0.3, -0.25) is 9.69 Å². The summed E-state index contributed by atoms with van der Waals surface area (Å²) in [6, 6.07) is 17.8. The number of halogens is 1. The lowest BCUT2D eigenvalue weighted by Crippen LogP contribution is -2.50. The quantitative estimate of drug-likeness (QED) is 0.632. The molecular formula is C24H24ClN3O3S. The van der Waals surface area contributed by atoms with Crippen LogP contribution in [0.25, 0.3) is 10.8 Å². The number of sulfonamides is 1. The minimum atomic E-state index is -3.77. The Morgan fingerprint density at radius 1 is 0.938 bits per heavy atom. The highest BCUT2D eigenvalue weighted by molar-refractivity contribution is 7.89. The molecule has 32 heavy (non-hydrogen) atoms. The highest BCUT2D eigenvalue weighted by atomic mass is 35.5. The number of hydrogen-bond donors (Lipinski definition) is 1. The zero-order valence-electron chi connectivity index (χ0n) is 17.7. The Morgan fingerprint density at radius 2 is 1.56 bits per heavy atom. The van der Waals surface area contributed by atoms with Gasteiger partial charge in [0.05, 0.1) is 17.0 Å². The molecule has 1 N–H and O–H groups in total. The largest absolute Gasteiger partial charge is 0.340 e. The average Bonchev–Trinajstić information content (AvgIpc) is 3.09. The van der Waals surface area contributed by atoms with Gasteiger partial charge >= 0.3 is 0 Å². The zero-order chi connectivity index (χ0) is 22.5. The molecule has 6 nitrogen and oxygen atoms in total. The third-order valence-corrected chi connectivity index (χ3v) is 8.21. The first-order valence-corrected chi connectivity index (χ1v) is 12.5. The molecule has 1 aliphatic heterocycles. The second-order valence-electron chi connectivity index (χ2n) is 8.33. The van der Waals surface area contributed by atoms with Crippen LogP contribution in [0.2, 0.25) is 5.02 Å². The molecule has 1 heterocycles. The summed E-state index contributed by atoms with van der Waals surface area (Å²) in [6.45, 7) is 4.23. The van der Waals surface area contributed by atoms with E-state index in [0.717, 1.165) is 21.9 Å². The molecule has 1 amide bonds. The van der Waals surface area contributed by atoms with Crippen molar-refractivity contribution in [3.63, 3.8) is 0 Å². The van der Waals surface area contributed by atoms with E-state index < -0.39 is 16.1 Å². The van der Waals surface area contributed by atoms with Crippen molar-refractivity contribution < 1.29 is 13.2 Å². The maximum absolute atomic E-state index is 13.3. The van der Waals surface area contributed by atoms with Crippen LogP contribution < -0.4 is 4.72 Å². The van der Waals surface area contributed by atoms with E-state index in [4.69, 9.17) is 11.6 Å². The molecular weight excluding hydrogens is 446 g/mol. The Morgan fingerprint density at radius 3 is 2.19 bits per heavy atom. The lowest BCUT2D eigenvalue weighted by molar-refractivity contribution is -0.130. The summed E-state index contributed by atoms with van der Waals surface area (Å²) < 4.78 is 29.6. The standard InChI is InChI=1S/C24H24ClN3O3S/c1-16(29)27-12-14-28(15-13-27)24-21-7-3-5-17-4-2-6-20(22(17)21)23(24)26-32(30,31)19-10-8-18(25)9-11-19/h2-11,23-24,26H,12-15H2,1H3. The van der Waals surface area contributed by atoms with Crippen LogP contribution in [0.1, 0.15) is 30.1 Å². The van der Waals surface area contributed by atoms with E-state index in [0.29, 0.717) is 31.2 Å². The van der Waals surface area contributed by atoms with Crippen molar-refractivity contribution in [3.05, 3.63) is 76.8 Å². The monoisotopic (exact) mass is 469 g/mol. The third-order valence-electron chi connectivity index (χ3n) is 6.50. The van der Waals surface area contributed by atoms with E-state index in [2.05, 4.69) is 27.8 Å². The van der Waals surface area contributed by atoms with E-state index in [1.165, 1.54) is 12.1 Å². The zero-order valence-corrected chi connectivity index (χ0v) is 19.2. The van der Waals surface area contributed by atoms with Crippen LogP contribution in [-0.4, -0.2) is 50.3 Å². The van der Waals surface area contributed by atoms with Gasteiger partial charge in [0.2, 0.25) is 15.9 Å². The van der Waals surface area contributed by atoms with Gasteiger partial charge < -0.3 is 4.90 Å². The Balaban J connectivity index is 1.54. The van der Waals surface area contributed by atoms with Crippen molar-refractivity contribution in [1.29, 1.82) is 0 Å². The van der Waals surface area contributed by atoms with Gasteiger partial charge in [-0.1, -0.05) is 48.0 Å². The average molecular weight is 470 g/mol. The molecule has 3 aromatic carbocycles. The predicted molar refractivity (Wildman–Crippen MR) is 125 cm³/mol. The highest BCUT2D eigenvalue weighted by Gasteiger charge is 2.41. The number of benzene rings is 3. The molecule has 1 aliphatic carbocycles. The molecule has 2 aliphatic rings. The highest BCUT2D eigenvalue weighted by Crippen LogP contribution is 2.47. The van der Waals surface area contributed by atoms with Gasteiger partial charge in [-0.15, -0.1) is 0 Å². The van der Waals surface area contributed by atoms with E-state index in [-0.39, 0.29) is 16.8 Å². The number of amides is 1. The van der Waals surface area contributed by atoms with Gasteiger partial charge in [0.1, 0.15) is 0 Å². The first kappa shape index (κ1) is 21.4. The molecule has 0 radical (unpaired) electrons. The summed E-state index contributed by atoms with van der Waals surface area (Å²) in [7, 11) is -3.77. The maximum atomic E-state index is 13.3. The van der Waals surface area contributed by atoms with Gasteiger partial charge in [-0.2, -0.15) is 0 Å². The third kappa shape index (κ3) is 3.69. The first-order chi connectivity index (χ1) is 15.3. The molecule has 0 aromatic heterocycles. The number of carbonyl (C=O) groups excluding carboxylic acids is 1. The topological polar surface area (TPSA) is 69.7 Å². The fourth-order valence-corrected chi connectivity index (χ4v) is 6.30. The minimum Gasteiger partial charge on any atom is -0.340 e. The number of piperazine rings is 1. The van der Waals surface area contributed by atoms with E-state index >= 15 is 0 Å².